The summed E-state index contributed by atoms with van der Waals surface area (Å²) >= 11 is 6.04. The Balaban J connectivity index is 0.00000196. The summed E-state index contributed by atoms with van der Waals surface area (Å²) in [6.07, 6.45) is 3.43. The minimum atomic E-state index is -1.24. The first-order valence-electron chi connectivity index (χ1n) is 7.53. The van der Waals surface area contributed by atoms with Crippen molar-refractivity contribution in [2.24, 2.45) is 0 Å². The molecule has 0 unspecified atom stereocenters. The van der Waals surface area contributed by atoms with E-state index >= 15 is 0 Å². The third-order valence-corrected chi connectivity index (χ3v) is 4.15. The van der Waals surface area contributed by atoms with E-state index in [0.29, 0.717) is 16.4 Å². The number of aromatic nitrogens is 2. The summed E-state index contributed by atoms with van der Waals surface area (Å²) in [4.78, 5) is 19.9. The topological polar surface area (TPSA) is 77.9 Å². The molecule has 0 atom stereocenters. The predicted octanol–water partition coefficient (Wildman–Crippen LogP) is 0.547. The fourth-order valence-electron chi connectivity index (χ4n) is 2.77. The molecule has 0 fully saturated rings. The molecule has 0 aliphatic carbocycles. The summed E-state index contributed by atoms with van der Waals surface area (Å²) in [6, 6.07) is 13.9. The van der Waals surface area contributed by atoms with Gasteiger partial charge in [-0.25, -0.2) is 4.98 Å². The van der Waals surface area contributed by atoms with Gasteiger partial charge in [0.25, 0.3) is 0 Å². The summed E-state index contributed by atoms with van der Waals surface area (Å²) in [5.41, 5.74) is 1.41. The van der Waals surface area contributed by atoms with Gasteiger partial charge in [0.1, 0.15) is 5.82 Å². The van der Waals surface area contributed by atoms with E-state index in [1.807, 2.05) is 18.2 Å². The summed E-state index contributed by atoms with van der Waals surface area (Å²) in [7, 11) is 0. The first kappa shape index (κ1) is 19.2. The normalized spacial score (nSPS) is 10.5. The molecule has 0 spiro atoms. The molecule has 0 saturated carbocycles. The van der Waals surface area contributed by atoms with Crippen molar-refractivity contribution in [3.8, 4) is 0 Å². The van der Waals surface area contributed by atoms with E-state index < -0.39 is 5.97 Å². The minimum Gasteiger partial charge on any atom is -0.545 e. The number of carbonyl (C=O) groups excluding carboxylic acids is 1. The molecule has 0 amide bonds. The molecule has 5 nitrogen and oxygen atoms in total. The van der Waals surface area contributed by atoms with Crippen LogP contribution < -0.4 is 61.8 Å². The molecule has 0 saturated heterocycles. The van der Waals surface area contributed by atoms with Gasteiger partial charge >= 0.3 is 51.4 Å². The standard InChI is InChI=1S/C19H12ClN3O2.K/c20-12-2-1-3-13(9-12)22-18-15-6-7-21-10-16(15)14-5-4-11(19(24)25)8-17(14)23-18;/h1-10H,(H,22,23)(H,24,25);/q;+1/p-1. The molecule has 2 aromatic heterocycles. The SMILES string of the molecule is O=C([O-])c1ccc2c(c1)nc(Nc1cccc(Cl)c1)c1ccncc12.[K+]. The Bertz CT molecular complexity index is 1130. The first-order valence-corrected chi connectivity index (χ1v) is 7.91. The van der Waals surface area contributed by atoms with E-state index in [2.05, 4.69) is 15.3 Å². The van der Waals surface area contributed by atoms with Crippen LogP contribution in [0.4, 0.5) is 11.5 Å². The van der Waals surface area contributed by atoms with Gasteiger partial charge < -0.3 is 15.2 Å². The van der Waals surface area contributed by atoms with Gasteiger partial charge in [0.15, 0.2) is 0 Å². The van der Waals surface area contributed by atoms with Gasteiger partial charge in [-0.2, -0.15) is 0 Å². The molecule has 0 aliphatic rings. The molecule has 1 N–H and O–H groups in total. The number of carboxylic acid groups (broad SMARTS) is 1. The summed E-state index contributed by atoms with van der Waals surface area (Å²) in [6.45, 7) is 0. The molecular weight excluding hydrogens is 377 g/mol. The number of halogens is 1. The van der Waals surface area contributed by atoms with Crippen LogP contribution in [0, 0.1) is 0 Å². The second kappa shape index (κ2) is 8.00. The van der Waals surface area contributed by atoms with Crippen molar-refractivity contribution in [3.05, 3.63) is 71.5 Å². The number of hydrogen-bond donors (Lipinski definition) is 1. The Hall–Kier alpha value is -1.54. The Morgan fingerprint density at radius 2 is 1.88 bits per heavy atom. The molecule has 4 rings (SSSR count). The number of benzene rings is 2. The number of rotatable bonds is 3. The van der Waals surface area contributed by atoms with Gasteiger partial charge in [0.05, 0.1) is 11.5 Å². The van der Waals surface area contributed by atoms with E-state index in [1.54, 1.807) is 30.6 Å². The maximum atomic E-state index is 11.1. The third-order valence-electron chi connectivity index (χ3n) is 3.92. The van der Waals surface area contributed by atoms with Crippen LogP contribution in [-0.4, -0.2) is 15.9 Å². The predicted molar refractivity (Wildman–Crippen MR) is 96.1 cm³/mol. The van der Waals surface area contributed by atoms with Crippen molar-refractivity contribution < 1.29 is 61.3 Å². The summed E-state index contributed by atoms with van der Waals surface area (Å²) < 4.78 is 0. The van der Waals surface area contributed by atoms with Crippen LogP contribution in [0.1, 0.15) is 10.4 Å². The zero-order chi connectivity index (χ0) is 17.4. The molecule has 7 heteroatoms. The van der Waals surface area contributed by atoms with Crippen molar-refractivity contribution in [1.82, 2.24) is 9.97 Å². The Kier molecular flexibility index (Phi) is 5.91. The molecule has 0 radical (unpaired) electrons. The van der Waals surface area contributed by atoms with Crippen LogP contribution in [0.15, 0.2) is 60.9 Å². The van der Waals surface area contributed by atoms with Crippen LogP contribution in [0.2, 0.25) is 5.02 Å². The summed E-state index contributed by atoms with van der Waals surface area (Å²) in [5, 5.41) is 17.6. The second-order valence-corrected chi connectivity index (χ2v) is 5.97. The molecule has 0 bridgehead atoms. The van der Waals surface area contributed by atoms with Crippen molar-refractivity contribution in [1.29, 1.82) is 0 Å². The van der Waals surface area contributed by atoms with Crippen LogP contribution in [0.25, 0.3) is 21.7 Å². The minimum absolute atomic E-state index is 0. The number of anilines is 2. The quantitative estimate of drug-likeness (QED) is 0.410. The van der Waals surface area contributed by atoms with Crippen LogP contribution in [-0.2, 0) is 0 Å². The van der Waals surface area contributed by atoms with Gasteiger partial charge in [-0.3, -0.25) is 4.98 Å². The molecule has 122 valence electrons. The average molecular weight is 388 g/mol. The fraction of sp³-hybridized carbons (Fsp3) is 0. The van der Waals surface area contributed by atoms with Gasteiger partial charge in [-0.1, -0.05) is 29.8 Å². The van der Waals surface area contributed by atoms with E-state index in [9.17, 15) is 9.90 Å². The number of nitrogens with zero attached hydrogens (tertiary/aromatic N) is 2. The van der Waals surface area contributed by atoms with Crippen LogP contribution >= 0.6 is 11.6 Å². The van der Waals surface area contributed by atoms with Gasteiger partial charge in [0, 0.05) is 39.3 Å². The third kappa shape index (κ3) is 3.76. The van der Waals surface area contributed by atoms with E-state index in [-0.39, 0.29) is 56.9 Å². The van der Waals surface area contributed by atoms with E-state index in [0.717, 1.165) is 21.8 Å². The van der Waals surface area contributed by atoms with Crippen molar-refractivity contribution in [3.63, 3.8) is 0 Å². The van der Waals surface area contributed by atoms with Gasteiger partial charge in [0.2, 0.25) is 0 Å². The van der Waals surface area contributed by atoms with Gasteiger partial charge in [-0.15, -0.1) is 0 Å². The zero-order valence-corrected chi connectivity index (χ0v) is 17.7. The largest absolute Gasteiger partial charge is 1.00 e. The molecule has 4 aromatic rings. The number of aromatic carboxylic acids is 1. The number of fused-ring (bicyclic) bond motifs is 3. The fourth-order valence-corrected chi connectivity index (χ4v) is 2.96. The zero-order valence-electron chi connectivity index (χ0n) is 13.9. The maximum absolute atomic E-state index is 11.1. The molecular formula is C19H11ClKN3O2. The Morgan fingerprint density at radius 1 is 1.04 bits per heavy atom. The molecule has 2 heterocycles. The maximum Gasteiger partial charge on any atom is 1.00 e. The van der Waals surface area contributed by atoms with Crippen LogP contribution in [0.3, 0.4) is 0 Å². The number of carbonyl (C=O) groups is 1. The Morgan fingerprint density at radius 3 is 2.65 bits per heavy atom. The molecule has 0 aliphatic heterocycles. The number of nitrogens with one attached hydrogen (secondary N) is 1. The van der Waals surface area contributed by atoms with E-state index in [4.69, 9.17) is 11.6 Å². The van der Waals surface area contributed by atoms with Crippen LogP contribution in [0.5, 0.6) is 0 Å². The van der Waals surface area contributed by atoms with Gasteiger partial charge in [-0.05, 0) is 35.9 Å². The van der Waals surface area contributed by atoms with E-state index in [1.165, 1.54) is 12.1 Å². The number of hydrogen-bond acceptors (Lipinski definition) is 5. The smallest absolute Gasteiger partial charge is 0.545 e. The van der Waals surface area contributed by atoms with Crippen molar-refractivity contribution in [2.45, 2.75) is 0 Å². The Labute approximate surface area is 196 Å². The molecule has 26 heavy (non-hydrogen) atoms. The van der Waals surface area contributed by atoms with Crippen molar-refractivity contribution >= 4 is 50.8 Å². The number of carboxylic acids is 1. The first-order chi connectivity index (χ1) is 12.1. The monoisotopic (exact) mass is 387 g/mol. The number of pyridine rings is 2. The summed E-state index contributed by atoms with van der Waals surface area (Å²) in [5.74, 6) is -0.637. The second-order valence-electron chi connectivity index (χ2n) is 5.54. The average Bonchev–Trinajstić information content (AvgIpc) is 2.61. The van der Waals surface area contributed by atoms with Crippen molar-refractivity contribution in [2.75, 3.05) is 5.32 Å². The molecule has 2 aromatic carbocycles.